The Labute approximate surface area is 258 Å². The third-order valence-electron chi connectivity index (χ3n) is 6.59. The second kappa shape index (κ2) is 17.7. The number of amides is 2. The highest BCUT2D eigenvalue weighted by Gasteiger charge is 2.29. The molecule has 1 aliphatic carbocycles. The number of ketones is 1. The van der Waals surface area contributed by atoms with Gasteiger partial charge in [0.15, 0.2) is 5.78 Å². The van der Waals surface area contributed by atoms with Gasteiger partial charge in [0.2, 0.25) is 5.91 Å². The third kappa shape index (κ3) is 12.3. The molecule has 9 heteroatoms. The molecule has 2 amide bonds. The molecule has 0 aliphatic heterocycles. The van der Waals surface area contributed by atoms with Gasteiger partial charge in [-0.25, -0.2) is 9.59 Å². The topological polar surface area (TPSA) is 122 Å². The highest BCUT2D eigenvalue weighted by Crippen LogP contribution is 2.29. The molecule has 4 rings (SSSR count). The Morgan fingerprint density at radius 2 is 1.47 bits per heavy atom. The lowest BCUT2D eigenvalue weighted by Crippen LogP contribution is -2.43. The van der Waals surface area contributed by atoms with Gasteiger partial charge >= 0.3 is 12.1 Å². The van der Waals surface area contributed by atoms with E-state index in [1.807, 2.05) is 64.1 Å². The maximum atomic E-state index is 12.4. The van der Waals surface area contributed by atoms with E-state index in [2.05, 4.69) is 39.6 Å². The SMILES string of the molecule is CC.COC(=O)NCC(=O)C1CC1.Cc1ccc(-c2ccc(CC(NC(=O)Cc3cc(C)ccc3Cl)C(=O)O)cc2)cc1. The highest BCUT2D eigenvalue weighted by atomic mass is 35.5. The Balaban J connectivity index is 0.000000415. The molecule has 1 saturated carbocycles. The summed E-state index contributed by atoms with van der Waals surface area (Å²) in [6.07, 6.45) is 1.65. The molecular formula is C34H41ClN2O6. The number of carbonyl (C=O) groups is 4. The van der Waals surface area contributed by atoms with Gasteiger partial charge in [-0.3, -0.25) is 9.59 Å². The lowest BCUT2D eigenvalue weighted by atomic mass is 10.00. The van der Waals surface area contributed by atoms with E-state index >= 15 is 0 Å². The van der Waals surface area contributed by atoms with Crippen molar-refractivity contribution in [2.24, 2.45) is 5.92 Å². The Morgan fingerprint density at radius 1 is 0.907 bits per heavy atom. The maximum Gasteiger partial charge on any atom is 0.407 e. The molecule has 0 spiro atoms. The third-order valence-corrected chi connectivity index (χ3v) is 6.96. The summed E-state index contributed by atoms with van der Waals surface area (Å²) in [6.45, 7) is 8.06. The number of alkyl carbamates (subject to hydrolysis) is 1. The van der Waals surface area contributed by atoms with Gasteiger partial charge in [0.1, 0.15) is 6.04 Å². The van der Waals surface area contributed by atoms with Crippen LogP contribution in [0.15, 0.2) is 66.7 Å². The van der Waals surface area contributed by atoms with Gasteiger partial charge in [-0.2, -0.15) is 0 Å². The Bertz CT molecular complexity index is 1370. The van der Waals surface area contributed by atoms with E-state index in [-0.39, 0.29) is 37.0 Å². The number of aryl methyl sites for hydroxylation is 2. The van der Waals surface area contributed by atoms with Crippen molar-refractivity contribution in [2.45, 2.75) is 59.4 Å². The molecule has 1 aliphatic rings. The molecule has 43 heavy (non-hydrogen) atoms. The summed E-state index contributed by atoms with van der Waals surface area (Å²) in [5, 5.41) is 15.0. The van der Waals surface area contributed by atoms with Crippen molar-refractivity contribution < 1.29 is 29.0 Å². The molecule has 0 bridgehead atoms. The number of benzene rings is 3. The largest absolute Gasteiger partial charge is 0.480 e. The van der Waals surface area contributed by atoms with Crippen LogP contribution >= 0.6 is 11.6 Å². The molecule has 0 radical (unpaired) electrons. The van der Waals surface area contributed by atoms with Crippen molar-refractivity contribution in [2.75, 3.05) is 13.7 Å². The second-order valence-corrected chi connectivity index (χ2v) is 10.5. The van der Waals surface area contributed by atoms with Crippen molar-refractivity contribution in [3.63, 3.8) is 0 Å². The van der Waals surface area contributed by atoms with E-state index in [1.54, 1.807) is 6.07 Å². The number of aliphatic carboxylic acids is 1. The first-order valence-corrected chi connectivity index (χ1v) is 14.7. The monoisotopic (exact) mass is 608 g/mol. The zero-order chi connectivity index (χ0) is 31.9. The van der Waals surface area contributed by atoms with Crippen LogP contribution in [-0.4, -0.2) is 48.6 Å². The van der Waals surface area contributed by atoms with Gasteiger partial charge in [-0.15, -0.1) is 0 Å². The fourth-order valence-electron chi connectivity index (χ4n) is 4.05. The normalized spacial score (nSPS) is 12.3. The van der Waals surface area contributed by atoms with Gasteiger partial charge in [0.05, 0.1) is 20.1 Å². The number of carbonyl (C=O) groups excluding carboxylic acids is 3. The standard InChI is InChI=1S/C25H24ClNO3.C7H11NO3.C2H6/c1-16-3-8-19(9-4-16)20-10-6-18(7-11-20)14-23(25(29)30)27-24(28)15-21-13-17(2)5-12-22(21)26;1-11-7(10)8-4-6(9)5-2-3-5;1-2/h3-13,23H,14-15H2,1-2H3,(H,27,28)(H,29,30);5H,2-4H2,1H3,(H,8,10);1-2H3. The van der Waals surface area contributed by atoms with Crippen molar-refractivity contribution in [3.8, 4) is 11.1 Å². The number of nitrogens with one attached hydrogen (secondary N) is 2. The molecule has 230 valence electrons. The maximum absolute atomic E-state index is 12.4. The van der Waals surface area contributed by atoms with Crippen molar-refractivity contribution in [1.82, 2.24) is 10.6 Å². The van der Waals surface area contributed by atoms with Crippen LogP contribution in [0.1, 0.15) is 48.9 Å². The Morgan fingerprint density at radius 3 is 2.00 bits per heavy atom. The summed E-state index contributed by atoms with van der Waals surface area (Å²) in [7, 11) is 1.27. The second-order valence-electron chi connectivity index (χ2n) is 10.1. The predicted molar refractivity (Wildman–Crippen MR) is 169 cm³/mol. The number of hydrogen-bond acceptors (Lipinski definition) is 5. The van der Waals surface area contributed by atoms with Gasteiger partial charge in [-0.05, 0) is 55.0 Å². The summed E-state index contributed by atoms with van der Waals surface area (Å²) in [4.78, 5) is 45.5. The van der Waals surface area contributed by atoms with E-state index in [0.29, 0.717) is 10.6 Å². The van der Waals surface area contributed by atoms with Crippen molar-refractivity contribution in [1.29, 1.82) is 0 Å². The van der Waals surface area contributed by atoms with E-state index in [1.165, 1.54) is 12.7 Å². The molecular weight excluding hydrogens is 568 g/mol. The smallest absolute Gasteiger partial charge is 0.407 e. The fourth-order valence-corrected chi connectivity index (χ4v) is 4.24. The average Bonchev–Trinajstić information content (AvgIpc) is 3.85. The molecule has 0 aromatic heterocycles. The predicted octanol–water partition coefficient (Wildman–Crippen LogP) is 6.33. The van der Waals surface area contributed by atoms with Crippen LogP contribution in [-0.2, 0) is 32.0 Å². The van der Waals surface area contributed by atoms with Gasteiger partial charge in [0, 0.05) is 17.4 Å². The molecule has 3 aromatic rings. The number of methoxy groups -OCH3 is 1. The minimum absolute atomic E-state index is 0.0383. The van der Waals surface area contributed by atoms with Crippen LogP contribution in [0.2, 0.25) is 5.02 Å². The van der Waals surface area contributed by atoms with Crippen molar-refractivity contribution in [3.05, 3.63) is 94.0 Å². The number of carboxylic acids is 1. The minimum Gasteiger partial charge on any atom is -0.480 e. The molecule has 0 heterocycles. The minimum atomic E-state index is -1.07. The summed E-state index contributed by atoms with van der Waals surface area (Å²) in [6, 6.07) is 20.4. The summed E-state index contributed by atoms with van der Waals surface area (Å²) in [5.41, 5.74) is 5.87. The van der Waals surface area contributed by atoms with Gasteiger partial charge in [-0.1, -0.05) is 97.2 Å². The highest BCUT2D eigenvalue weighted by molar-refractivity contribution is 6.31. The van der Waals surface area contributed by atoms with Crippen LogP contribution < -0.4 is 10.6 Å². The quantitative estimate of drug-likeness (QED) is 0.247. The number of halogens is 1. The fraction of sp³-hybridized carbons (Fsp3) is 0.353. The summed E-state index contributed by atoms with van der Waals surface area (Å²) < 4.78 is 4.30. The van der Waals surface area contributed by atoms with E-state index in [0.717, 1.165) is 35.1 Å². The number of Topliss-reactive ketones (excluding diaryl/α,β-unsaturated/α-hetero) is 1. The zero-order valence-corrected chi connectivity index (χ0v) is 26.2. The van der Waals surface area contributed by atoms with Gasteiger partial charge in [0.25, 0.3) is 0 Å². The van der Waals surface area contributed by atoms with E-state index < -0.39 is 18.1 Å². The number of hydrogen-bond donors (Lipinski definition) is 3. The van der Waals surface area contributed by atoms with E-state index in [9.17, 15) is 24.3 Å². The Hall–Kier alpha value is -4.17. The average molecular weight is 609 g/mol. The first-order chi connectivity index (χ1) is 20.5. The van der Waals surface area contributed by atoms with E-state index in [4.69, 9.17) is 11.6 Å². The van der Waals surface area contributed by atoms with Crippen LogP contribution in [0, 0.1) is 19.8 Å². The molecule has 0 saturated heterocycles. The van der Waals surface area contributed by atoms with Crippen molar-refractivity contribution >= 4 is 35.4 Å². The first kappa shape index (κ1) is 35.0. The first-order valence-electron chi connectivity index (χ1n) is 14.3. The van der Waals surface area contributed by atoms with Crippen LogP contribution in [0.4, 0.5) is 4.79 Å². The van der Waals surface area contributed by atoms with Crippen LogP contribution in [0.3, 0.4) is 0 Å². The molecule has 8 nitrogen and oxygen atoms in total. The summed E-state index contributed by atoms with van der Waals surface area (Å²) in [5.74, 6) is -1.13. The van der Waals surface area contributed by atoms with Crippen LogP contribution in [0.25, 0.3) is 11.1 Å². The lowest BCUT2D eigenvalue weighted by molar-refractivity contribution is -0.141. The molecule has 1 fully saturated rings. The summed E-state index contributed by atoms with van der Waals surface area (Å²) >= 11 is 6.15. The Kier molecular flexibility index (Phi) is 14.4. The lowest BCUT2D eigenvalue weighted by Gasteiger charge is -2.15. The molecule has 1 atom stereocenters. The molecule has 3 N–H and O–H groups in total. The molecule has 3 aromatic carbocycles. The number of rotatable bonds is 10. The zero-order valence-electron chi connectivity index (χ0n) is 25.4. The van der Waals surface area contributed by atoms with Gasteiger partial charge < -0.3 is 20.5 Å². The van der Waals surface area contributed by atoms with Crippen LogP contribution in [0.5, 0.6) is 0 Å². The number of carboxylic acid groups (broad SMARTS) is 1. The number of ether oxygens (including phenoxy) is 1. The molecule has 1 unspecified atom stereocenters.